The van der Waals surface area contributed by atoms with Crippen molar-refractivity contribution in [3.8, 4) is 0 Å². The van der Waals surface area contributed by atoms with Crippen molar-refractivity contribution in [2.75, 3.05) is 26.4 Å². The Labute approximate surface area is 75.4 Å². The fourth-order valence-electron chi connectivity index (χ4n) is 0.461. The van der Waals surface area contributed by atoms with Gasteiger partial charge in [-0.1, -0.05) is 13.8 Å². The molecule has 3 heteroatoms. The highest BCUT2D eigenvalue weighted by Crippen LogP contribution is 1.81. The van der Waals surface area contributed by atoms with Gasteiger partial charge < -0.3 is 14.9 Å². The summed E-state index contributed by atoms with van der Waals surface area (Å²) in [6, 6.07) is 0. The number of aliphatic hydroxyl groups is 2. The molecule has 0 aromatic rings. The standard InChI is InChI=1S/C6H14O.C3H8O2/c1-3-5-7-6-4-2;4-2-1-3-5/h3-6H2,1-2H3;4-5H,1-3H2. The fourth-order valence-corrected chi connectivity index (χ4v) is 0.461. The topological polar surface area (TPSA) is 49.7 Å². The third kappa shape index (κ3) is 22.5. The smallest absolute Gasteiger partial charge is 0.0463 e. The summed E-state index contributed by atoms with van der Waals surface area (Å²) in [5, 5.41) is 15.8. The zero-order valence-corrected chi connectivity index (χ0v) is 8.25. The summed E-state index contributed by atoms with van der Waals surface area (Å²) < 4.78 is 5.13. The van der Waals surface area contributed by atoms with E-state index in [0.29, 0.717) is 6.42 Å². The van der Waals surface area contributed by atoms with Gasteiger partial charge in [0.15, 0.2) is 0 Å². The predicted molar refractivity (Wildman–Crippen MR) is 50.2 cm³/mol. The lowest BCUT2D eigenvalue weighted by molar-refractivity contribution is 0.135. The molecule has 0 atom stereocenters. The van der Waals surface area contributed by atoms with E-state index in [1.807, 2.05) is 0 Å². The van der Waals surface area contributed by atoms with Crippen LogP contribution < -0.4 is 0 Å². The van der Waals surface area contributed by atoms with Gasteiger partial charge in [0.2, 0.25) is 0 Å². The van der Waals surface area contributed by atoms with Crippen molar-refractivity contribution in [1.29, 1.82) is 0 Å². The van der Waals surface area contributed by atoms with Gasteiger partial charge in [0.1, 0.15) is 0 Å². The summed E-state index contributed by atoms with van der Waals surface area (Å²) in [5.41, 5.74) is 0. The maximum atomic E-state index is 7.91. The van der Waals surface area contributed by atoms with Gasteiger partial charge in [0.25, 0.3) is 0 Å². The summed E-state index contributed by atoms with van der Waals surface area (Å²) in [7, 11) is 0. The number of hydrogen-bond donors (Lipinski definition) is 2. The van der Waals surface area contributed by atoms with Gasteiger partial charge in [0.05, 0.1) is 0 Å². The van der Waals surface area contributed by atoms with Crippen molar-refractivity contribution in [1.82, 2.24) is 0 Å². The van der Waals surface area contributed by atoms with Gasteiger partial charge >= 0.3 is 0 Å². The number of ether oxygens (including phenoxy) is 1. The molecule has 0 bridgehead atoms. The maximum absolute atomic E-state index is 7.91. The number of hydrogen-bond acceptors (Lipinski definition) is 3. The van der Waals surface area contributed by atoms with Gasteiger partial charge in [-0.05, 0) is 19.3 Å². The van der Waals surface area contributed by atoms with Gasteiger partial charge in [-0.15, -0.1) is 0 Å². The van der Waals surface area contributed by atoms with Crippen LogP contribution in [-0.2, 0) is 4.74 Å². The van der Waals surface area contributed by atoms with E-state index >= 15 is 0 Å². The monoisotopic (exact) mass is 178 g/mol. The summed E-state index contributed by atoms with van der Waals surface area (Å²) in [6.45, 7) is 6.28. The van der Waals surface area contributed by atoms with Gasteiger partial charge in [0, 0.05) is 26.4 Å². The molecule has 0 saturated heterocycles. The molecule has 0 rings (SSSR count). The summed E-state index contributed by atoms with van der Waals surface area (Å²) in [6.07, 6.45) is 2.78. The van der Waals surface area contributed by atoms with Crippen molar-refractivity contribution in [2.24, 2.45) is 0 Å². The Hall–Kier alpha value is -0.120. The Balaban J connectivity index is 0. The van der Waals surface area contributed by atoms with E-state index in [4.69, 9.17) is 14.9 Å². The molecule has 0 aromatic heterocycles. The van der Waals surface area contributed by atoms with Crippen LogP contribution in [0.15, 0.2) is 0 Å². The number of rotatable bonds is 6. The van der Waals surface area contributed by atoms with Crippen LogP contribution in [0.4, 0.5) is 0 Å². The minimum atomic E-state index is 0.0938. The molecule has 3 nitrogen and oxygen atoms in total. The number of aliphatic hydroxyl groups excluding tert-OH is 2. The normalized spacial score (nSPS) is 9.00. The van der Waals surface area contributed by atoms with Crippen molar-refractivity contribution in [2.45, 2.75) is 33.1 Å². The first-order valence-corrected chi connectivity index (χ1v) is 4.62. The lowest BCUT2D eigenvalue weighted by atomic mass is 10.5. The van der Waals surface area contributed by atoms with Crippen LogP contribution in [-0.4, -0.2) is 36.6 Å². The average molecular weight is 178 g/mol. The molecule has 0 heterocycles. The molecule has 0 aliphatic rings. The van der Waals surface area contributed by atoms with E-state index in [-0.39, 0.29) is 13.2 Å². The molecular formula is C9H22O3. The van der Waals surface area contributed by atoms with Gasteiger partial charge in [-0.2, -0.15) is 0 Å². The molecular weight excluding hydrogens is 156 g/mol. The summed E-state index contributed by atoms with van der Waals surface area (Å²) in [4.78, 5) is 0. The second-order valence-electron chi connectivity index (χ2n) is 2.41. The van der Waals surface area contributed by atoms with Gasteiger partial charge in [-0.3, -0.25) is 0 Å². The first-order chi connectivity index (χ1) is 5.83. The summed E-state index contributed by atoms with van der Waals surface area (Å²) >= 11 is 0. The Morgan fingerprint density at radius 3 is 1.50 bits per heavy atom. The SMILES string of the molecule is CCCOCCC.OCCCO. The summed E-state index contributed by atoms with van der Waals surface area (Å²) in [5.74, 6) is 0. The van der Waals surface area contributed by atoms with E-state index in [2.05, 4.69) is 13.8 Å². The quantitative estimate of drug-likeness (QED) is 0.600. The van der Waals surface area contributed by atoms with Crippen molar-refractivity contribution >= 4 is 0 Å². The van der Waals surface area contributed by atoms with E-state index in [9.17, 15) is 0 Å². The van der Waals surface area contributed by atoms with E-state index < -0.39 is 0 Å². The highest BCUT2D eigenvalue weighted by molar-refractivity contribution is 4.25. The Bertz CT molecular complexity index is 51.7. The predicted octanol–water partition coefficient (Wildman–Crippen LogP) is 1.18. The Morgan fingerprint density at radius 2 is 1.33 bits per heavy atom. The molecule has 0 saturated carbocycles. The Morgan fingerprint density at radius 1 is 0.917 bits per heavy atom. The molecule has 0 aliphatic carbocycles. The molecule has 2 N–H and O–H groups in total. The molecule has 0 spiro atoms. The van der Waals surface area contributed by atoms with Gasteiger partial charge in [-0.25, -0.2) is 0 Å². The molecule has 0 unspecified atom stereocenters. The van der Waals surface area contributed by atoms with Crippen LogP contribution in [0.25, 0.3) is 0 Å². The molecule has 0 fully saturated rings. The highest BCUT2D eigenvalue weighted by atomic mass is 16.5. The van der Waals surface area contributed by atoms with Crippen molar-refractivity contribution in [3.63, 3.8) is 0 Å². The molecule has 0 amide bonds. The lowest BCUT2D eigenvalue weighted by Crippen LogP contribution is -1.92. The first-order valence-electron chi connectivity index (χ1n) is 4.62. The minimum absolute atomic E-state index is 0.0938. The first kappa shape index (κ1) is 14.4. The van der Waals surface area contributed by atoms with Crippen LogP contribution in [0, 0.1) is 0 Å². The van der Waals surface area contributed by atoms with Crippen LogP contribution in [0.2, 0.25) is 0 Å². The molecule has 0 aliphatic heterocycles. The molecule has 76 valence electrons. The maximum Gasteiger partial charge on any atom is 0.0463 e. The van der Waals surface area contributed by atoms with Crippen molar-refractivity contribution in [3.05, 3.63) is 0 Å². The zero-order chi connectivity index (χ0) is 9.66. The molecule has 0 aromatic carbocycles. The second-order valence-corrected chi connectivity index (χ2v) is 2.41. The van der Waals surface area contributed by atoms with E-state index in [0.717, 1.165) is 26.1 Å². The Kier molecular flexibility index (Phi) is 20.5. The fraction of sp³-hybridized carbons (Fsp3) is 1.00. The second kappa shape index (κ2) is 17.1. The van der Waals surface area contributed by atoms with E-state index in [1.165, 1.54) is 0 Å². The third-order valence-electron chi connectivity index (χ3n) is 1.01. The zero-order valence-electron chi connectivity index (χ0n) is 8.25. The van der Waals surface area contributed by atoms with E-state index in [1.54, 1.807) is 0 Å². The average Bonchev–Trinajstić information content (AvgIpc) is 2.08. The largest absolute Gasteiger partial charge is 0.396 e. The van der Waals surface area contributed by atoms with Crippen LogP contribution >= 0.6 is 0 Å². The minimum Gasteiger partial charge on any atom is -0.396 e. The van der Waals surface area contributed by atoms with Crippen LogP contribution in [0.1, 0.15) is 33.1 Å². The van der Waals surface area contributed by atoms with Crippen LogP contribution in [0.5, 0.6) is 0 Å². The third-order valence-corrected chi connectivity index (χ3v) is 1.01. The van der Waals surface area contributed by atoms with Crippen molar-refractivity contribution < 1.29 is 14.9 Å². The lowest BCUT2D eigenvalue weighted by Gasteiger charge is -1.95. The van der Waals surface area contributed by atoms with Crippen LogP contribution in [0.3, 0.4) is 0 Å². The molecule has 0 radical (unpaired) electrons. The molecule has 12 heavy (non-hydrogen) atoms. The highest BCUT2D eigenvalue weighted by Gasteiger charge is 1.77.